The van der Waals surface area contributed by atoms with Crippen molar-refractivity contribution in [3.63, 3.8) is 0 Å². The second-order valence-corrected chi connectivity index (χ2v) is 6.46. The molecule has 0 N–H and O–H groups in total. The van der Waals surface area contributed by atoms with E-state index in [0.29, 0.717) is 12.3 Å². The van der Waals surface area contributed by atoms with Gasteiger partial charge in [-0.05, 0) is 12.0 Å². The first-order chi connectivity index (χ1) is 11.7. The highest BCUT2D eigenvalue weighted by atomic mass is 32.2. The van der Waals surface area contributed by atoms with Gasteiger partial charge in [-0.15, -0.1) is 10.2 Å². The molecule has 0 fully saturated rings. The summed E-state index contributed by atoms with van der Waals surface area (Å²) >= 11 is 1.43. The summed E-state index contributed by atoms with van der Waals surface area (Å²) in [5.41, 5.74) is 1.15. The van der Waals surface area contributed by atoms with Crippen LogP contribution in [0.2, 0.25) is 0 Å². The van der Waals surface area contributed by atoms with E-state index in [1.807, 2.05) is 34.7 Å². The predicted molar refractivity (Wildman–Crippen MR) is 98.7 cm³/mol. The number of carbonyl (C=O) groups is 1. The van der Waals surface area contributed by atoms with Crippen molar-refractivity contribution in [1.82, 2.24) is 19.7 Å². The van der Waals surface area contributed by atoms with Crippen molar-refractivity contribution < 1.29 is 4.79 Å². The Labute approximate surface area is 147 Å². The number of aryl methyl sites for hydroxylation is 1. The Morgan fingerprint density at radius 1 is 1.33 bits per heavy atom. The van der Waals surface area contributed by atoms with E-state index in [-0.39, 0.29) is 5.91 Å². The van der Waals surface area contributed by atoms with Crippen LogP contribution in [0.25, 0.3) is 6.08 Å². The molecule has 1 aromatic carbocycles. The summed E-state index contributed by atoms with van der Waals surface area (Å²) in [4.78, 5) is 14.4. The van der Waals surface area contributed by atoms with Gasteiger partial charge in [0.25, 0.3) is 0 Å². The van der Waals surface area contributed by atoms with Gasteiger partial charge in [-0.3, -0.25) is 4.79 Å². The highest BCUT2D eigenvalue weighted by Gasteiger charge is 2.13. The summed E-state index contributed by atoms with van der Waals surface area (Å²) in [5, 5.41) is 8.60. The lowest BCUT2D eigenvalue weighted by atomic mass is 10.2. The molecular weight excluding hydrogens is 320 g/mol. The molecule has 1 heterocycles. The van der Waals surface area contributed by atoms with Crippen molar-refractivity contribution in [2.75, 3.05) is 18.8 Å². The number of thioether (sulfide) groups is 1. The third kappa shape index (κ3) is 5.85. The molecule has 0 saturated carbocycles. The summed E-state index contributed by atoms with van der Waals surface area (Å²) in [5.74, 6) is 0.518. The third-order valence-electron chi connectivity index (χ3n) is 3.56. The molecule has 0 saturated heterocycles. The smallest absolute Gasteiger partial charge is 0.233 e. The number of rotatable bonds is 9. The molecule has 0 atom stereocenters. The third-order valence-corrected chi connectivity index (χ3v) is 4.58. The predicted octanol–water partition coefficient (Wildman–Crippen LogP) is 3.25. The number of hydrogen-bond donors (Lipinski definition) is 0. The van der Waals surface area contributed by atoms with Gasteiger partial charge in [0.05, 0.1) is 5.75 Å². The maximum atomic E-state index is 12.5. The molecule has 0 spiro atoms. The molecule has 0 unspecified atom stereocenters. The van der Waals surface area contributed by atoms with Gasteiger partial charge < -0.3 is 9.47 Å². The number of benzene rings is 1. The van der Waals surface area contributed by atoms with Gasteiger partial charge in [0, 0.05) is 20.1 Å². The fourth-order valence-corrected chi connectivity index (χ4v) is 2.96. The Morgan fingerprint density at radius 3 is 2.79 bits per heavy atom. The molecule has 1 aromatic heterocycles. The highest BCUT2D eigenvalue weighted by Crippen LogP contribution is 2.14. The van der Waals surface area contributed by atoms with Crippen molar-refractivity contribution >= 4 is 23.7 Å². The molecule has 0 aliphatic carbocycles. The quantitative estimate of drug-likeness (QED) is 0.655. The fourth-order valence-electron chi connectivity index (χ4n) is 2.17. The van der Waals surface area contributed by atoms with E-state index in [1.165, 1.54) is 11.8 Å². The van der Waals surface area contributed by atoms with Crippen molar-refractivity contribution in [2.24, 2.45) is 7.05 Å². The number of carbonyl (C=O) groups excluding carboxylic acids is 1. The van der Waals surface area contributed by atoms with Crippen LogP contribution in [0.3, 0.4) is 0 Å². The Morgan fingerprint density at radius 2 is 2.12 bits per heavy atom. The monoisotopic (exact) mass is 344 g/mol. The second-order valence-electron chi connectivity index (χ2n) is 5.52. The molecule has 6 heteroatoms. The summed E-state index contributed by atoms with van der Waals surface area (Å²) in [6, 6.07) is 10.1. The lowest BCUT2D eigenvalue weighted by Crippen LogP contribution is -2.33. The van der Waals surface area contributed by atoms with Crippen LogP contribution in [0.1, 0.15) is 25.3 Å². The average molecular weight is 344 g/mol. The zero-order valence-corrected chi connectivity index (χ0v) is 15.1. The van der Waals surface area contributed by atoms with Gasteiger partial charge in [-0.25, -0.2) is 0 Å². The molecule has 2 rings (SSSR count). The maximum absolute atomic E-state index is 12.5. The molecular formula is C18H24N4OS. The number of nitrogens with zero attached hydrogens (tertiary/aromatic N) is 4. The van der Waals surface area contributed by atoms with Crippen molar-refractivity contribution in [3.8, 4) is 0 Å². The van der Waals surface area contributed by atoms with Gasteiger partial charge in [0.15, 0.2) is 5.16 Å². The molecule has 1 amide bonds. The molecule has 0 aliphatic heterocycles. The molecule has 5 nitrogen and oxygen atoms in total. The van der Waals surface area contributed by atoms with Crippen LogP contribution in [-0.2, 0) is 11.8 Å². The Bertz CT molecular complexity index is 654. The van der Waals surface area contributed by atoms with Crippen LogP contribution in [0, 0.1) is 0 Å². The summed E-state index contributed by atoms with van der Waals surface area (Å²) in [6.45, 7) is 3.55. The molecule has 0 bridgehead atoms. The first-order valence-electron chi connectivity index (χ1n) is 8.17. The van der Waals surface area contributed by atoms with Crippen molar-refractivity contribution in [3.05, 3.63) is 48.3 Å². The first-order valence-corrected chi connectivity index (χ1v) is 9.15. The second kappa shape index (κ2) is 9.93. The van der Waals surface area contributed by atoms with Crippen molar-refractivity contribution in [1.29, 1.82) is 0 Å². The van der Waals surface area contributed by atoms with Crippen molar-refractivity contribution in [2.45, 2.75) is 24.9 Å². The zero-order chi connectivity index (χ0) is 17.2. The largest absolute Gasteiger partial charge is 0.338 e. The minimum Gasteiger partial charge on any atom is -0.338 e. The zero-order valence-electron chi connectivity index (χ0n) is 14.3. The standard InChI is InChI=1S/C18H24N4OS/c1-3-4-12-22(13-8-11-16-9-6-5-7-10-16)17(23)14-24-18-20-19-15-21(18)2/h5-11,15H,3-4,12-14H2,1-2H3/b11-8+. The fraction of sp³-hybridized carbons (Fsp3) is 0.389. The normalized spacial score (nSPS) is 11.1. The van der Waals surface area contributed by atoms with Gasteiger partial charge in [-0.1, -0.05) is 67.6 Å². The average Bonchev–Trinajstić information content (AvgIpc) is 3.01. The Hall–Kier alpha value is -2.08. The van der Waals surface area contributed by atoms with Crippen LogP contribution in [0.4, 0.5) is 0 Å². The minimum atomic E-state index is 0.133. The van der Waals surface area contributed by atoms with Crippen LogP contribution in [-0.4, -0.2) is 44.4 Å². The number of aromatic nitrogens is 3. The van der Waals surface area contributed by atoms with Crippen LogP contribution < -0.4 is 0 Å². The lowest BCUT2D eigenvalue weighted by molar-refractivity contribution is -0.127. The summed E-state index contributed by atoms with van der Waals surface area (Å²) in [6.07, 6.45) is 7.84. The van der Waals surface area contributed by atoms with E-state index in [2.05, 4.69) is 41.4 Å². The summed E-state index contributed by atoms with van der Waals surface area (Å²) < 4.78 is 1.82. The van der Waals surface area contributed by atoms with Crippen LogP contribution >= 0.6 is 11.8 Å². The van der Waals surface area contributed by atoms with Crippen LogP contribution in [0.15, 0.2) is 47.9 Å². The van der Waals surface area contributed by atoms with E-state index in [0.717, 1.165) is 30.1 Å². The Balaban J connectivity index is 1.89. The topological polar surface area (TPSA) is 51.0 Å². The van der Waals surface area contributed by atoms with E-state index in [1.54, 1.807) is 6.33 Å². The summed E-state index contributed by atoms with van der Waals surface area (Å²) in [7, 11) is 1.88. The molecule has 24 heavy (non-hydrogen) atoms. The SMILES string of the molecule is CCCCN(C/C=C/c1ccccc1)C(=O)CSc1nncn1C. The van der Waals surface area contributed by atoms with Gasteiger partial charge in [0.2, 0.25) is 5.91 Å². The maximum Gasteiger partial charge on any atom is 0.233 e. The van der Waals surface area contributed by atoms with E-state index in [4.69, 9.17) is 0 Å². The van der Waals surface area contributed by atoms with Gasteiger partial charge >= 0.3 is 0 Å². The first kappa shape index (κ1) is 18.3. The molecule has 128 valence electrons. The van der Waals surface area contributed by atoms with Gasteiger partial charge in [0.1, 0.15) is 6.33 Å². The van der Waals surface area contributed by atoms with Gasteiger partial charge in [-0.2, -0.15) is 0 Å². The minimum absolute atomic E-state index is 0.133. The lowest BCUT2D eigenvalue weighted by Gasteiger charge is -2.20. The van der Waals surface area contributed by atoms with E-state index < -0.39 is 0 Å². The molecule has 0 radical (unpaired) electrons. The molecule has 0 aliphatic rings. The Kier molecular flexibility index (Phi) is 7.55. The number of unbranched alkanes of at least 4 members (excludes halogenated alkanes) is 1. The highest BCUT2D eigenvalue weighted by molar-refractivity contribution is 7.99. The molecule has 2 aromatic rings. The number of amides is 1. The van der Waals surface area contributed by atoms with E-state index >= 15 is 0 Å². The van der Waals surface area contributed by atoms with Crippen LogP contribution in [0.5, 0.6) is 0 Å². The number of hydrogen-bond acceptors (Lipinski definition) is 4. The van der Waals surface area contributed by atoms with E-state index in [9.17, 15) is 4.79 Å².